The van der Waals surface area contributed by atoms with Crippen LogP contribution >= 0.6 is 0 Å². The van der Waals surface area contributed by atoms with Crippen LogP contribution in [0.15, 0.2) is 24.0 Å². The van der Waals surface area contributed by atoms with Crippen molar-refractivity contribution >= 4 is 15.8 Å². The number of carbonyl (C=O) groups is 1. The highest BCUT2D eigenvalue weighted by atomic mass is 32.2. The molecule has 1 aliphatic rings. The lowest BCUT2D eigenvalue weighted by Gasteiger charge is -2.24. The van der Waals surface area contributed by atoms with E-state index in [1.807, 2.05) is 0 Å². The molecule has 0 aliphatic carbocycles. The number of carboxylic acids is 1. The minimum atomic E-state index is -3.47. The molecule has 0 amide bonds. The summed E-state index contributed by atoms with van der Waals surface area (Å²) in [6.07, 6.45) is 9.23. The summed E-state index contributed by atoms with van der Waals surface area (Å²) in [4.78, 5) is 10.4. The van der Waals surface area contributed by atoms with Gasteiger partial charge in [-0.25, -0.2) is 13.2 Å². The zero-order valence-corrected chi connectivity index (χ0v) is 18.1. The molecule has 7 heteroatoms. The van der Waals surface area contributed by atoms with Crippen LogP contribution in [0.25, 0.3) is 0 Å². The summed E-state index contributed by atoms with van der Waals surface area (Å²) in [6.45, 7) is 6.37. The average molecular weight is 417 g/mol. The first-order chi connectivity index (χ1) is 13.0. The average Bonchev–Trinajstić information content (AvgIpc) is 2.82. The van der Waals surface area contributed by atoms with Crippen molar-refractivity contribution in [2.45, 2.75) is 83.5 Å². The van der Waals surface area contributed by atoms with Crippen LogP contribution in [0.4, 0.5) is 0 Å². The highest BCUT2D eigenvalue weighted by Gasteiger charge is 2.47. The predicted molar refractivity (Wildman–Crippen MR) is 111 cm³/mol. The number of unbranched alkanes of at least 4 members (excludes halogenated alkanes) is 3. The zero-order chi connectivity index (χ0) is 21.4. The first-order valence-electron chi connectivity index (χ1n) is 10.2. The number of hydrogen-bond acceptors (Lipinski definition) is 5. The Kier molecular flexibility index (Phi) is 9.70. The minimum absolute atomic E-state index is 0.0123. The molecule has 0 unspecified atom stereocenters. The van der Waals surface area contributed by atoms with Crippen molar-refractivity contribution in [3.63, 3.8) is 0 Å². The van der Waals surface area contributed by atoms with Crippen molar-refractivity contribution in [2.75, 3.05) is 5.75 Å². The maximum atomic E-state index is 12.4. The van der Waals surface area contributed by atoms with E-state index in [2.05, 4.69) is 20.8 Å². The normalized spacial score (nSPS) is 25.4. The van der Waals surface area contributed by atoms with Gasteiger partial charge in [-0.2, -0.15) is 0 Å². The molecule has 28 heavy (non-hydrogen) atoms. The fraction of sp³-hybridized carbons (Fsp3) is 0.762. The van der Waals surface area contributed by atoms with E-state index in [-0.39, 0.29) is 16.9 Å². The molecule has 3 atom stereocenters. The van der Waals surface area contributed by atoms with Gasteiger partial charge in [0.15, 0.2) is 9.84 Å². The number of hydrogen-bond donors (Lipinski definition) is 3. The Morgan fingerprint density at radius 2 is 1.86 bits per heavy atom. The molecule has 0 bridgehead atoms. The van der Waals surface area contributed by atoms with Gasteiger partial charge in [0.1, 0.15) is 0 Å². The first kappa shape index (κ1) is 24.7. The van der Waals surface area contributed by atoms with Crippen molar-refractivity contribution in [1.29, 1.82) is 0 Å². The molecule has 1 fully saturated rings. The van der Waals surface area contributed by atoms with E-state index in [4.69, 9.17) is 5.11 Å². The Morgan fingerprint density at radius 3 is 2.46 bits per heavy atom. The van der Waals surface area contributed by atoms with Crippen LogP contribution in [0.1, 0.15) is 72.1 Å². The van der Waals surface area contributed by atoms with Gasteiger partial charge in [-0.05, 0) is 43.6 Å². The molecule has 1 saturated heterocycles. The van der Waals surface area contributed by atoms with Crippen LogP contribution in [0.5, 0.6) is 0 Å². The maximum Gasteiger partial charge on any atom is 0.327 e. The molecule has 0 aromatic carbocycles. The molecular formula is C21H36O6S. The van der Waals surface area contributed by atoms with Crippen LogP contribution in [0.3, 0.4) is 0 Å². The van der Waals surface area contributed by atoms with Crippen molar-refractivity contribution in [2.24, 2.45) is 11.3 Å². The van der Waals surface area contributed by atoms with E-state index in [0.29, 0.717) is 32.1 Å². The third-order valence-corrected chi connectivity index (χ3v) is 7.72. The van der Waals surface area contributed by atoms with E-state index in [9.17, 15) is 23.4 Å². The van der Waals surface area contributed by atoms with Gasteiger partial charge in [-0.1, -0.05) is 46.1 Å². The van der Waals surface area contributed by atoms with E-state index < -0.39 is 33.1 Å². The number of rotatable bonds is 12. The van der Waals surface area contributed by atoms with Crippen LogP contribution in [-0.2, 0) is 14.6 Å². The fourth-order valence-electron chi connectivity index (χ4n) is 3.75. The van der Waals surface area contributed by atoms with Crippen LogP contribution in [0, 0.1) is 11.3 Å². The standard InChI is InChI=1S/C21H36O6S/c1-4-5-13-21(2,3)14-12-16(22)20-17(23)15-28(26,27)18(20)10-8-6-7-9-11-19(24)25/h9,11-12,17-18,20,22-23H,4-8,10,13-15H2,1-3H3,(H,24,25)/b11-9?,16-12+/t17-,18-,20-/m0/s1. The molecule has 0 spiro atoms. The minimum Gasteiger partial charge on any atom is -0.512 e. The SMILES string of the molecule is CCCCC(C)(C)C/C=C(/O)[C@H]1[C@@H](O)CS(=O)(=O)[C@H]1CCCCC=CC(=O)O. The summed E-state index contributed by atoms with van der Waals surface area (Å²) in [7, 11) is -3.47. The highest BCUT2D eigenvalue weighted by Crippen LogP contribution is 2.37. The number of sulfone groups is 1. The van der Waals surface area contributed by atoms with Crippen molar-refractivity contribution in [1.82, 2.24) is 0 Å². The molecule has 0 radical (unpaired) electrons. The van der Waals surface area contributed by atoms with E-state index >= 15 is 0 Å². The van der Waals surface area contributed by atoms with E-state index in [1.54, 1.807) is 12.2 Å². The smallest absolute Gasteiger partial charge is 0.327 e. The third-order valence-electron chi connectivity index (χ3n) is 5.46. The topological polar surface area (TPSA) is 112 Å². The Hall–Kier alpha value is -1.34. The number of aliphatic hydroxyl groups is 2. The summed E-state index contributed by atoms with van der Waals surface area (Å²) in [5.41, 5.74) is 0.0123. The molecule has 6 nitrogen and oxygen atoms in total. The summed E-state index contributed by atoms with van der Waals surface area (Å²) in [5, 5.41) is 28.6. The lowest BCUT2D eigenvalue weighted by atomic mass is 9.83. The highest BCUT2D eigenvalue weighted by molar-refractivity contribution is 7.92. The molecular weight excluding hydrogens is 380 g/mol. The van der Waals surface area contributed by atoms with Gasteiger partial charge in [-0.15, -0.1) is 0 Å². The van der Waals surface area contributed by atoms with Gasteiger partial charge >= 0.3 is 5.97 Å². The second-order valence-corrected chi connectivity index (χ2v) is 10.9. The van der Waals surface area contributed by atoms with Crippen molar-refractivity contribution in [3.8, 4) is 0 Å². The van der Waals surface area contributed by atoms with Crippen molar-refractivity contribution in [3.05, 3.63) is 24.0 Å². The molecule has 1 rings (SSSR count). The maximum absolute atomic E-state index is 12.4. The molecule has 1 heterocycles. The number of aliphatic hydroxyl groups excluding tert-OH is 2. The fourth-order valence-corrected chi connectivity index (χ4v) is 5.97. The lowest BCUT2D eigenvalue weighted by Crippen LogP contribution is -2.28. The molecule has 0 aromatic heterocycles. The van der Waals surface area contributed by atoms with Crippen LogP contribution in [-0.4, -0.2) is 46.8 Å². The zero-order valence-electron chi connectivity index (χ0n) is 17.3. The van der Waals surface area contributed by atoms with Crippen LogP contribution in [0.2, 0.25) is 0 Å². The Balaban J connectivity index is 2.75. The number of carboxylic acid groups (broad SMARTS) is 1. The molecule has 162 valence electrons. The third kappa shape index (κ3) is 7.95. The van der Waals surface area contributed by atoms with Gasteiger partial charge < -0.3 is 15.3 Å². The largest absolute Gasteiger partial charge is 0.512 e. The number of aliphatic carboxylic acids is 1. The summed E-state index contributed by atoms with van der Waals surface area (Å²) in [6, 6.07) is 0. The van der Waals surface area contributed by atoms with E-state index in [0.717, 1.165) is 25.3 Å². The lowest BCUT2D eigenvalue weighted by molar-refractivity contribution is -0.131. The summed E-state index contributed by atoms with van der Waals surface area (Å²) in [5.74, 6) is -2.12. The Morgan fingerprint density at radius 1 is 1.18 bits per heavy atom. The quantitative estimate of drug-likeness (QED) is 0.252. The van der Waals surface area contributed by atoms with Gasteiger partial charge in [0.25, 0.3) is 0 Å². The Labute approximate surface area is 169 Å². The monoisotopic (exact) mass is 416 g/mol. The molecule has 3 N–H and O–H groups in total. The second kappa shape index (κ2) is 11.0. The summed E-state index contributed by atoms with van der Waals surface area (Å²) < 4.78 is 24.9. The van der Waals surface area contributed by atoms with E-state index in [1.165, 1.54) is 0 Å². The van der Waals surface area contributed by atoms with Gasteiger partial charge in [0.05, 0.1) is 28.8 Å². The van der Waals surface area contributed by atoms with Crippen LogP contribution < -0.4 is 0 Å². The first-order valence-corrected chi connectivity index (χ1v) is 11.9. The second-order valence-electron chi connectivity index (χ2n) is 8.59. The van der Waals surface area contributed by atoms with Gasteiger partial charge in [0.2, 0.25) is 0 Å². The molecule has 1 aliphatic heterocycles. The molecule has 0 saturated carbocycles. The number of allylic oxidation sites excluding steroid dienone is 2. The molecule has 0 aromatic rings. The van der Waals surface area contributed by atoms with Crippen molar-refractivity contribution < 1.29 is 28.5 Å². The summed E-state index contributed by atoms with van der Waals surface area (Å²) >= 11 is 0. The van der Waals surface area contributed by atoms with Gasteiger partial charge in [-0.3, -0.25) is 0 Å². The Bertz CT molecular complexity index is 662. The predicted octanol–water partition coefficient (Wildman–Crippen LogP) is 4.01. The van der Waals surface area contributed by atoms with Gasteiger partial charge in [0, 0.05) is 6.08 Å².